The van der Waals surface area contributed by atoms with Crippen molar-refractivity contribution in [3.8, 4) is 17.3 Å². The number of carbonyl (C=O) groups is 1. The number of benzene rings is 1. The van der Waals surface area contributed by atoms with Crippen LogP contribution in [0.4, 0.5) is 13.2 Å². The molecule has 0 unspecified atom stereocenters. The Hall–Kier alpha value is -1.78. The van der Waals surface area contributed by atoms with Gasteiger partial charge in [0.15, 0.2) is 0 Å². The lowest BCUT2D eigenvalue weighted by molar-refractivity contribution is -0.144. The summed E-state index contributed by atoms with van der Waals surface area (Å²) in [5.74, 6) is -0.460. The topological polar surface area (TPSA) is 45.8 Å². The molecule has 3 nitrogen and oxygen atoms in total. The number of nitriles is 1. The first-order valence-electron chi connectivity index (χ1n) is 6.31. The average Bonchev–Trinajstić information content (AvgIpc) is 2.70. The lowest BCUT2D eigenvalue weighted by Crippen LogP contribution is -2.18. The largest absolute Gasteiger partial charge is 0.432 e. The third-order valence-corrected chi connectivity index (χ3v) is 4.11. The van der Waals surface area contributed by atoms with E-state index in [1.165, 1.54) is 31.2 Å². The van der Waals surface area contributed by atoms with Crippen LogP contribution >= 0.6 is 27.5 Å². The molecule has 0 spiro atoms. The number of hydrogen-bond donors (Lipinski definition) is 0. The number of Topliss-reactive ketones (excluding diaryl/α,β-unsaturated/α-hetero) is 1. The first-order chi connectivity index (χ1) is 10.7. The van der Waals surface area contributed by atoms with Crippen LogP contribution in [0, 0.1) is 11.3 Å². The molecule has 0 saturated heterocycles. The zero-order valence-corrected chi connectivity index (χ0v) is 14.1. The number of rotatable bonds is 3. The van der Waals surface area contributed by atoms with Crippen LogP contribution in [0.5, 0.6) is 0 Å². The molecule has 1 heterocycles. The zero-order valence-electron chi connectivity index (χ0n) is 11.7. The van der Waals surface area contributed by atoms with Crippen molar-refractivity contribution in [1.82, 2.24) is 4.57 Å². The summed E-state index contributed by atoms with van der Waals surface area (Å²) in [6, 6.07) is 7.78. The Bertz CT molecular complexity index is 804. The van der Waals surface area contributed by atoms with Gasteiger partial charge in [0.1, 0.15) is 17.5 Å². The minimum atomic E-state index is -4.72. The van der Waals surface area contributed by atoms with Gasteiger partial charge in [-0.3, -0.25) is 4.79 Å². The van der Waals surface area contributed by atoms with Crippen LogP contribution in [-0.2, 0) is 17.5 Å². The van der Waals surface area contributed by atoms with Gasteiger partial charge >= 0.3 is 6.18 Å². The fourth-order valence-corrected chi connectivity index (χ4v) is 3.10. The van der Waals surface area contributed by atoms with Crippen molar-refractivity contribution in [3.63, 3.8) is 0 Å². The maximum absolute atomic E-state index is 13.4. The van der Waals surface area contributed by atoms with Crippen molar-refractivity contribution < 1.29 is 18.0 Å². The molecule has 0 fully saturated rings. The summed E-state index contributed by atoms with van der Waals surface area (Å²) in [7, 11) is 0. The number of alkyl halides is 3. The molecule has 1 aromatic carbocycles. The average molecular weight is 406 g/mol. The van der Waals surface area contributed by atoms with E-state index in [1.807, 2.05) is 0 Å². The lowest BCUT2D eigenvalue weighted by atomic mass is 10.1. The van der Waals surface area contributed by atoms with E-state index in [9.17, 15) is 23.2 Å². The van der Waals surface area contributed by atoms with Crippen LogP contribution in [0.2, 0.25) is 5.02 Å². The van der Waals surface area contributed by atoms with E-state index in [4.69, 9.17) is 11.6 Å². The molecule has 0 amide bonds. The van der Waals surface area contributed by atoms with Crippen LogP contribution in [-0.4, -0.2) is 10.4 Å². The summed E-state index contributed by atoms with van der Waals surface area (Å²) >= 11 is 8.64. The summed E-state index contributed by atoms with van der Waals surface area (Å²) in [5.41, 5.74) is -0.850. The Morgan fingerprint density at radius 3 is 2.35 bits per heavy atom. The van der Waals surface area contributed by atoms with E-state index < -0.39 is 24.2 Å². The van der Waals surface area contributed by atoms with Gasteiger partial charge in [0.2, 0.25) is 0 Å². The molecule has 8 heteroatoms. The number of halogens is 5. The molecule has 0 atom stereocenters. The Morgan fingerprint density at radius 2 is 1.91 bits per heavy atom. The van der Waals surface area contributed by atoms with Crippen molar-refractivity contribution in [3.05, 3.63) is 45.0 Å². The molecule has 0 bridgehead atoms. The van der Waals surface area contributed by atoms with Crippen molar-refractivity contribution in [1.29, 1.82) is 5.26 Å². The van der Waals surface area contributed by atoms with Crippen LogP contribution in [0.1, 0.15) is 18.2 Å². The summed E-state index contributed by atoms with van der Waals surface area (Å²) < 4.78 is 40.6. The Morgan fingerprint density at radius 1 is 1.35 bits per heavy atom. The normalized spacial score (nSPS) is 11.3. The number of carbonyl (C=O) groups excluding carboxylic acids is 1. The van der Waals surface area contributed by atoms with Crippen LogP contribution in [0.3, 0.4) is 0 Å². The highest BCUT2D eigenvalue weighted by Gasteiger charge is 2.40. The first-order valence-corrected chi connectivity index (χ1v) is 7.48. The van der Waals surface area contributed by atoms with E-state index in [-0.39, 0.29) is 15.7 Å². The van der Waals surface area contributed by atoms with Gasteiger partial charge < -0.3 is 4.57 Å². The molecule has 0 saturated carbocycles. The quantitative estimate of drug-likeness (QED) is 0.717. The second-order valence-corrected chi connectivity index (χ2v) is 6.02. The van der Waals surface area contributed by atoms with Crippen LogP contribution < -0.4 is 0 Å². The minimum Gasteiger partial charge on any atom is -0.327 e. The molecular weight excluding hydrogens is 397 g/mol. The van der Waals surface area contributed by atoms with Crippen molar-refractivity contribution in [2.24, 2.45) is 0 Å². The van der Waals surface area contributed by atoms with Gasteiger partial charge in [0.25, 0.3) is 0 Å². The Labute approximate surface area is 143 Å². The number of aromatic nitrogens is 1. The molecule has 1 aromatic heterocycles. The summed E-state index contributed by atoms with van der Waals surface area (Å²) in [4.78, 5) is 11.4. The maximum Gasteiger partial charge on any atom is 0.432 e. The fourth-order valence-electron chi connectivity index (χ4n) is 2.26. The van der Waals surface area contributed by atoms with Crippen molar-refractivity contribution >= 4 is 33.3 Å². The van der Waals surface area contributed by atoms with Gasteiger partial charge in [-0.2, -0.15) is 18.4 Å². The highest BCUT2D eigenvalue weighted by Crippen LogP contribution is 2.43. The third kappa shape index (κ3) is 3.43. The third-order valence-electron chi connectivity index (χ3n) is 3.08. The van der Waals surface area contributed by atoms with Gasteiger partial charge in [0.05, 0.1) is 22.3 Å². The smallest absolute Gasteiger partial charge is 0.327 e. The van der Waals surface area contributed by atoms with Gasteiger partial charge in [-0.1, -0.05) is 23.7 Å². The second kappa shape index (κ2) is 6.38. The van der Waals surface area contributed by atoms with Gasteiger partial charge in [-0.15, -0.1) is 0 Å². The lowest BCUT2D eigenvalue weighted by Gasteiger charge is -2.14. The molecule has 23 heavy (non-hydrogen) atoms. The molecule has 0 aliphatic rings. The fraction of sp³-hybridized carbons (Fsp3) is 0.200. The predicted octanol–water partition coefficient (Wildman–Crippen LogP) is 5.05. The highest BCUT2D eigenvalue weighted by atomic mass is 79.9. The molecule has 0 radical (unpaired) electrons. The highest BCUT2D eigenvalue weighted by molar-refractivity contribution is 9.10. The number of ketones is 1. The van der Waals surface area contributed by atoms with Gasteiger partial charge in [-0.25, -0.2) is 0 Å². The Balaban J connectivity index is 2.86. The minimum absolute atomic E-state index is 0.0265. The monoisotopic (exact) mass is 404 g/mol. The molecule has 120 valence electrons. The standard InChI is InChI=1S/C15H9BrClF3N2O/c1-8(23)7-22-13(9-2-4-10(17)5-3-9)11(6-21)12(16)14(22)15(18,19)20/h2-5H,7H2,1H3. The molecular formula is C15H9BrClF3N2O. The van der Waals surface area contributed by atoms with Crippen LogP contribution in [0.25, 0.3) is 11.3 Å². The molecule has 2 aromatic rings. The predicted molar refractivity (Wildman–Crippen MR) is 83.0 cm³/mol. The second-order valence-electron chi connectivity index (χ2n) is 4.79. The number of nitrogens with zero attached hydrogens (tertiary/aromatic N) is 2. The maximum atomic E-state index is 13.4. The SMILES string of the molecule is CC(=O)Cn1c(-c2ccc(Cl)cc2)c(C#N)c(Br)c1C(F)(F)F. The van der Waals surface area contributed by atoms with E-state index in [0.717, 1.165) is 4.57 Å². The van der Waals surface area contributed by atoms with Gasteiger partial charge in [-0.05, 0) is 40.5 Å². The Kier molecular flexibility index (Phi) is 4.87. The first kappa shape index (κ1) is 17.6. The molecule has 0 aliphatic carbocycles. The number of hydrogen-bond acceptors (Lipinski definition) is 2. The zero-order chi connectivity index (χ0) is 17.4. The van der Waals surface area contributed by atoms with E-state index >= 15 is 0 Å². The van der Waals surface area contributed by atoms with Crippen LogP contribution in [0.15, 0.2) is 28.7 Å². The van der Waals surface area contributed by atoms with E-state index in [1.54, 1.807) is 6.07 Å². The molecule has 0 aliphatic heterocycles. The van der Waals surface area contributed by atoms with Crippen molar-refractivity contribution in [2.75, 3.05) is 0 Å². The van der Waals surface area contributed by atoms with E-state index in [0.29, 0.717) is 10.6 Å². The summed E-state index contributed by atoms with van der Waals surface area (Å²) in [5, 5.41) is 9.69. The van der Waals surface area contributed by atoms with Gasteiger partial charge in [0, 0.05) is 5.02 Å². The summed E-state index contributed by atoms with van der Waals surface area (Å²) in [6.45, 7) is 0.693. The molecule has 2 rings (SSSR count). The summed E-state index contributed by atoms with van der Waals surface area (Å²) in [6.07, 6.45) is -4.72. The van der Waals surface area contributed by atoms with Crippen molar-refractivity contribution in [2.45, 2.75) is 19.6 Å². The molecule has 0 N–H and O–H groups in total. The van der Waals surface area contributed by atoms with E-state index in [2.05, 4.69) is 15.9 Å².